The number of halogens is 1. The van der Waals surface area contributed by atoms with Crippen molar-refractivity contribution in [3.63, 3.8) is 0 Å². The topological polar surface area (TPSA) is 141 Å². The van der Waals surface area contributed by atoms with Gasteiger partial charge in [-0.3, -0.25) is 14.8 Å². The molecule has 0 spiro atoms. The second-order valence-corrected chi connectivity index (χ2v) is 10.0. The number of nitriles is 1. The Morgan fingerprint density at radius 3 is 2.63 bits per heavy atom. The number of rotatable bonds is 8. The predicted molar refractivity (Wildman–Crippen MR) is 131 cm³/mol. The van der Waals surface area contributed by atoms with Crippen molar-refractivity contribution in [3.8, 4) is 17.2 Å². The lowest BCUT2D eigenvalue weighted by Crippen LogP contribution is -2.42. The van der Waals surface area contributed by atoms with Gasteiger partial charge in [0.1, 0.15) is 11.9 Å². The molecular formula is C26H26FN7O4. The van der Waals surface area contributed by atoms with E-state index in [0.717, 1.165) is 5.56 Å². The zero-order chi connectivity index (χ0) is 26.4. The van der Waals surface area contributed by atoms with Gasteiger partial charge < -0.3 is 14.9 Å². The molecule has 2 saturated heterocycles. The molecule has 3 aliphatic rings. The molecule has 2 aliphatic heterocycles. The first kappa shape index (κ1) is 24.4. The first-order chi connectivity index (χ1) is 18.5. The molecule has 0 radical (unpaired) electrons. The van der Waals surface area contributed by atoms with Crippen LogP contribution in [0.4, 0.5) is 14.9 Å². The molecule has 4 heterocycles. The Kier molecular flexibility index (Phi) is 6.06. The van der Waals surface area contributed by atoms with E-state index in [-0.39, 0.29) is 37.6 Å². The molecule has 1 unspecified atom stereocenters. The second-order valence-electron chi connectivity index (χ2n) is 10.0. The fourth-order valence-electron chi connectivity index (χ4n) is 5.99. The van der Waals surface area contributed by atoms with Crippen molar-refractivity contribution in [2.24, 2.45) is 11.8 Å². The second kappa shape index (κ2) is 9.43. The van der Waals surface area contributed by atoms with Crippen molar-refractivity contribution in [1.29, 1.82) is 5.26 Å². The number of ether oxygens (including phenoxy) is 1. The number of amides is 1. The third-order valence-corrected chi connectivity index (χ3v) is 8.06. The average molecular weight is 520 g/mol. The molecule has 1 amide bonds. The number of aromatic nitrogens is 4. The van der Waals surface area contributed by atoms with Crippen molar-refractivity contribution in [3.05, 3.63) is 60.4 Å². The Morgan fingerprint density at radius 2 is 1.97 bits per heavy atom. The number of aliphatic hydroxyl groups is 2. The van der Waals surface area contributed by atoms with E-state index in [1.54, 1.807) is 41.6 Å². The van der Waals surface area contributed by atoms with Crippen LogP contribution in [0.25, 0.3) is 11.1 Å². The maximum Gasteiger partial charge on any atom is 0.414 e. The van der Waals surface area contributed by atoms with Crippen LogP contribution in [0.5, 0.6) is 0 Å². The summed E-state index contributed by atoms with van der Waals surface area (Å²) in [7, 11) is 0. The summed E-state index contributed by atoms with van der Waals surface area (Å²) in [5.74, 6) is -0.399. The molecule has 2 aromatic heterocycles. The van der Waals surface area contributed by atoms with Gasteiger partial charge in [-0.2, -0.15) is 5.26 Å². The number of nitrogens with zero attached hydrogens (tertiary/aromatic N) is 7. The standard InChI is InChI=1S/C26H26FN7O4/c27-24-6-18(34-10-20(38-25(34)37)9-33-4-3-30-31-33)1-2-21(24)16-5-17(8-29-7-16)26(15-28)22-11-32(12-23(22)26)19(13-35)14-36/h1-8,19-20,22-23,35-36H,9-14H2/t20-,22-,23+,26?/m0/s1. The smallest absolute Gasteiger partial charge is 0.414 e. The molecular weight excluding hydrogens is 493 g/mol. The van der Waals surface area contributed by atoms with Gasteiger partial charge in [0.25, 0.3) is 0 Å². The van der Waals surface area contributed by atoms with Gasteiger partial charge in [-0.1, -0.05) is 5.21 Å². The normalized spacial score (nSPS) is 26.4. The first-order valence-electron chi connectivity index (χ1n) is 12.4. The number of carbonyl (C=O) groups is 1. The summed E-state index contributed by atoms with van der Waals surface area (Å²) in [4.78, 5) is 20.2. The largest absolute Gasteiger partial charge is 0.442 e. The van der Waals surface area contributed by atoms with Crippen LogP contribution in [0.2, 0.25) is 0 Å². The molecule has 1 saturated carbocycles. The highest BCUT2D eigenvalue weighted by Gasteiger charge is 2.70. The Balaban J connectivity index is 1.20. The van der Waals surface area contributed by atoms with Gasteiger partial charge in [0.15, 0.2) is 0 Å². The third-order valence-electron chi connectivity index (χ3n) is 8.06. The number of hydrogen-bond donors (Lipinski definition) is 2. The highest BCUT2D eigenvalue weighted by atomic mass is 19.1. The third kappa shape index (κ3) is 3.91. The van der Waals surface area contributed by atoms with Gasteiger partial charge in [0.2, 0.25) is 0 Å². The van der Waals surface area contributed by atoms with Crippen molar-refractivity contribution in [2.45, 2.75) is 24.1 Å². The fourth-order valence-corrected chi connectivity index (χ4v) is 5.99. The van der Waals surface area contributed by atoms with E-state index in [4.69, 9.17) is 4.74 Å². The number of carbonyl (C=O) groups excluding carboxylic acids is 1. The maximum absolute atomic E-state index is 15.3. The number of hydrogen-bond acceptors (Lipinski definition) is 9. The lowest BCUT2D eigenvalue weighted by atomic mass is 9.90. The van der Waals surface area contributed by atoms with Gasteiger partial charge in [0, 0.05) is 54.6 Å². The molecule has 4 atom stereocenters. The monoisotopic (exact) mass is 519 g/mol. The highest BCUT2D eigenvalue weighted by Crippen LogP contribution is 2.63. The van der Waals surface area contributed by atoms with E-state index in [1.807, 2.05) is 11.0 Å². The average Bonchev–Trinajstić information content (AvgIpc) is 3.42. The van der Waals surface area contributed by atoms with Crippen molar-refractivity contribution < 1.29 is 24.1 Å². The fraction of sp³-hybridized carbons (Fsp3) is 0.423. The number of piperidine rings is 1. The van der Waals surface area contributed by atoms with Crippen LogP contribution in [-0.4, -0.2) is 86.2 Å². The number of cyclic esters (lactones) is 1. The van der Waals surface area contributed by atoms with E-state index >= 15 is 4.39 Å². The number of fused-ring (bicyclic) bond motifs is 1. The van der Waals surface area contributed by atoms with E-state index in [1.165, 1.54) is 11.0 Å². The number of likely N-dealkylation sites (tertiary alicyclic amines) is 1. The van der Waals surface area contributed by atoms with Crippen LogP contribution in [0, 0.1) is 29.0 Å². The first-order valence-corrected chi connectivity index (χ1v) is 12.4. The number of pyridine rings is 1. The zero-order valence-electron chi connectivity index (χ0n) is 20.4. The van der Waals surface area contributed by atoms with E-state index < -0.39 is 23.4 Å². The highest BCUT2D eigenvalue weighted by molar-refractivity contribution is 5.90. The lowest BCUT2D eigenvalue weighted by molar-refractivity contribution is 0.0793. The molecule has 6 rings (SSSR count). The molecule has 38 heavy (non-hydrogen) atoms. The Labute approximate surface area is 217 Å². The Morgan fingerprint density at radius 1 is 1.18 bits per heavy atom. The minimum absolute atomic E-state index is 0.0593. The van der Waals surface area contributed by atoms with Crippen LogP contribution >= 0.6 is 0 Å². The van der Waals surface area contributed by atoms with Crippen LogP contribution in [0.3, 0.4) is 0 Å². The van der Waals surface area contributed by atoms with Gasteiger partial charge in [-0.15, -0.1) is 5.10 Å². The molecule has 2 N–H and O–H groups in total. The van der Waals surface area contributed by atoms with E-state index in [9.17, 15) is 20.3 Å². The van der Waals surface area contributed by atoms with Crippen molar-refractivity contribution in [2.75, 3.05) is 37.7 Å². The summed E-state index contributed by atoms with van der Waals surface area (Å²) in [6, 6.07) is 8.52. The predicted octanol–water partition coefficient (Wildman–Crippen LogP) is 1.18. The summed E-state index contributed by atoms with van der Waals surface area (Å²) in [5, 5.41) is 36.8. The summed E-state index contributed by atoms with van der Waals surface area (Å²) >= 11 is 0. The summed E-state index contributed by atoms with van der Waals surface area (Å²) in [6.45, 7) is 1.52. The molecule has 196 valence electrons. The van der Waals surface area contributed by atoms with Crippen LogP contribution < -0.4 is 4.90 Å². The van der Waals surface area contributed by atoms with Crippen LogP contribution in [0.15, 0.2) is 49.1 Å². The molecule has 0 bridgehead atoms. The molecule has 3 fully saturated rings. The number of aliphatic hydroxyl groups excluding tert-OH is 2. The summed E-state index contributed by atoms with van der Waals surface area (Å²) < 4.78 is 22.3. The van der Waals surface area contributed by atoms with Crippen LogP contribution in [-0.2, 0) is 16.7 Å². The molecule has 1 aliphatic carbocycles. The van der Waals surface area contributed by atoms with E-state index in [2.05, 4.69) is 21.4 Å². The van der Waals surface area contributed by atoms with Crippen molar-refractivity contribution in [1.82, 2.24) is 24.9 Å². The zero-order valence-corrected chi connectivity index (χ0v) is 20.4. The van der Waals surface area contributed by atoms with Crippen LogP contribution in [0.1, 0.15) is 5.56 Å². The molecule has 3 aromatic rings. The quantitative estimate of drug-likeness (QED) is 0.449. The van der Waals surface area contributed by atoms with Gasteiger partial charge >= 0.3 is 6.09 Å². The van der Waals surface area contributed by atoms with Gasteiger partial charge in [-0.25, -0.2) is 13.9 Å². The van der Waals surface area contributed by atoms with Gasteiger partial charge in [0.05, 0.1) is 55.7 Å². The van der Waals surface area contributed by atoms with Crippen molar-refractivity contribution >= 4 is 11.8 Å². The summed E-state index contributed by atoms with van der Waals surface area (Å²) in [6.07, 6.45) is 5.44. The SMILES string of the molecule is N#CC1(c2cncc(-c3ccc(N4C[C@H](Cn5ccnn5)OC4=O)cc3F)c2)[C@@H]2CN(C(CO)CO)C[C@@H]21. The number of benzene rings is 1. The number of anilines is 1. The minimum Gasteiger partial charge on any atom is -0.442 e. The Hall–Kier alpha value is -3.92. The Bertz CT molecular complexity index is 1380. The summed E-state index contributed by atoms with van der Waals surface area (Å²) in [5.41, 5.74) is 1.26. The van der Waals surface area contributed by atoms with Gasteiger partial charge in [-0.05, 0) is 29.8 Å². The molecule has 12 heteroatoms. The minimum atomic E-state index is -0.718. The van der Waals surface area contributed by atoms with E-state index in [0.29, 0.717) is 36.4 Å². The maximum atomic E-state index is 15.3. The molecule has 1 aromatic carbocycles. The lowest BCUT2D eigenvalue weighted by Gasteiger charge is -2.28. The molecule has 11 nitrogen and oxygen atoms in total.